The molecule has 2 aromatic carbocycles. The smallest absolute Gasteiger partial charge is 0.331 e. The Bertz CT molecular complexity index is 814. The molecule has 2 aromatic rings. The molecule has 136 valence electrons. The van der Waals surface area contributed by atoms with Gasteiger partial charge in [-0.3, -0.25) is 4.79 Å². The number of hydrogen-bond donors (Lipinski definition) is 1. The highest BCUT2D eigenvalue weighted by molar-refractivity contribution is 5.95. The average Bonchev–Trinajstić information content (AvgIpc) is 2.66. The van der Waals surface area contributed by atoms with Crippen molar-refractivity contribution in [2.75, 3.05) is 26.1 Å². The lowest BCUT2D eigenvalue weighted by atomic mass is 10.1. The fourth-order valence-electron chi connectivity index (χ4n) is 2.21. The van der Waals surface area contributed by atoms with Gasteiger partial charge in [-0.25, -0.2) is 4.79 Å². The summed E-state index contributed by atoms with van der Waals surface area (Å²) < 4.78 is 15.3. The van der Waals surface area contributed by atoms with Crippen LogP contribution in [-0.4, -0.2) is 32.7 Å². The van der Waals surface area contributed by atoms with Gasteiger partial charge in [0.2, 0.25) is 0 Å². The van der Waals surface area contributed by atoms with Crippen LogP contribution in [0.4, 0.5) is 5.69 Å². The molecule has 0 aliphatic carbocycles. The Labute approximate surface area is 152 Å². The normalized spacial score (nSPS) is 10.4. The number of benzene rings is 2. The molecule has 0 saturated heterocycles. The molecule has 1 amide bonds. The molecular weight excluding hydrogens is 334 g/mol. The zero-order valence-electron chi connectivity index (χ0n) is 14.9. The van der Waals surface area contributed by atoms with E-state index in [1.165, 1.54) is 13.2 Å². The molecule has 6 heteroatoms. The van der Waals surface area contributed by atoms with Crippen LogP contribution in [0.3, 0.4) is 0 Å². The number of aryl methyl sites for hydroxylation is 1. The number of para-hydroxylation sites is 1. The summed E-state index contributed by atoms with van der Waals surface area (Å²) >= 11 is 0. The van der Waals surface area contributed by atoms with Gasteiger partial charge in [0.25, 0.3) is 5.91 Å². The van der Waals surface area contributed by atoms with Crippen LogP contribution in [0.5, 0.6) is 11.5 Å². The molecule has 1 N–H and O–H groups in total. The van der Waals surface area contributed by atoms with Crippen molar-refractivity contribution in [1.82, 2.24) is 0 Å². The Hall–Kier alpha value is -3.28. The lowest BCUT2D eigenvalue weighted by Crippen LogP contribution is -2.20. The van der Waals surface area contributed by atoms with Gasteiger partial charge >= 0.3 is 5.97 Å². The van der Waals surface area contributed by atoms with E-state index in [1.54, 1.807) is 37.5 Å². The monoisotopic (exact) mass is 355 g/mol. The first-order valence-corrected chi connectivity index (χ1v) is 7.96. The lowest BCUT2D eigenvalue weighted by molar-refractivity contribution is -0.142. The number of methoxy groups -OCH3 is 2. The van der Waals surface area contributed by atoms with E-state index in [4.69, 9.17) is 14.2 Å². The molecule has 6 nitrogen and oxygen atoms in total. The number of hydrogen-bond acceptors (Lipinski definition) is 5. The first kappa shape index (κ1) is 19.1. The molecule has 0 atom stereocenters. The number of nitrogens with one attached hydrogen (secondary N) is 1. The van der Waals surface area contributed by atoms with E-state index in [-0.39, 0.29) is 6.61 Å². The van der Waals surface area contributed by atoms with Crippen molar-refractivity contribution in [3.05, 3.63) is 59.7 Å². The van der Waals surface area contributed by atoms with Gasteiger partial charge in [0, 0.05) is 17.3 Å². The summed E-state index contributed by atoms with van der Waals surface area (Å²) in [5.74, 6) is 0.193. The summed E-state index contributed by atoms with van der Waals surface area (Å²) in [7, 11) is 3.09. The number of carbonyl (C=O) groups excluding carboxylic acids is 2. The van der Waals surface area contributed by atoms with E-state index in [9.17, 15) is 9.59 Å². The number of amides is 1. The van der Waals surface area contributed by atoms with Crippen LogP contribution in [0.15, 0.2) is 48.5 Å². The van der Waals surface area contributed by atoms with E-state index in [0.29, 0.717) is 22.7 Å². The molecule has 0 aliphatic rings. The first-order valence-electron chi connectivity index (χ1n) is 7.96. The number of esters is 1. The maximum absolute atomic E-state index is 11.9. The van der Waals surface area contributed by atoms with Crippen LogP contribution in [0, 0.1) is 6.92 Å². The molecule has 26 heavy (non-hydrogen) atoms. The quantitative estimate of drug-likeness (QED) is 0.610. The van der Waals surface area contributed by atoms with Crippen molar-refractivity contribution >= 4 is 23.6 Å². The van der Waals surface area contributed by atoms with Crippen molar-refractivity contribution in [2.24, 2.45) is 0 Å². The second-order valence-corrected chi connectivity index (χ2v) is 5.41. The predicted molar refractivity (Wildman–Crippen MR) is 99.3 cm³/mol. The van der Waals surface area contributed by atoms with Crippen molar-refractivity contribution in [3.63, 3.8) is 0 Å². The summed E-state index contributed by atoms with van der Waals surface area (Å²) in [6, 6.07) is 12.6. The van der Waals surface area contributed by atoms with E-state index >= 15 is 0 Å². The van der Waals surface area contributed by atoms with Crippen LogP contribution in [0.25, 0.3) is 6.08 Å². The van der Waals surface area contributed by atoms with E-state index < -0.39 is 11.9 Å². The summed E-state index contributed by atoms with van der Waals surface area (Å²) in [4.78, 5) is 23.7. The van der Waals surface area contributed by atoms with Gasteiger partial charge in [-0.1, -0.05) is 18.2 Å². The van der Waals surface area contributed by atoms with Gasteiger partial charge < -0.3 is 19.5 Å². The Morgan fingerprint density at radius 2 is 1.85 bits per heavy atom. The van der Waals surface area contributed by atoms with Gasteiger partial charge in [-0.15, -0.1) is 0 Å². The summed E-state index contributed by atoms with van der Waals surface area (Å²) in [5, 5.41) is 2.70. The zero-order chi connectivity index (χ0) is 18.9. The third kappa shape index (κ3) is 5.37. The fraction of sp³-hybridized carbons (Fsp3) is 0.200. The van der Waals surface area contributed by atoms with Crippen LogP contribution < -0.4 is 14.8 Å². The number of carbonyl (C=O) groups is 2. The van der Waals surface area contributed by atoms with Gasteiger partial charge in [0.05, 0.1) is 14.2 Å². The lowest BCUT2D eigenvalue weighted by Gasteiger charge is -2.08. The minimum Gasteiger partial charge on any atom is -0.497 e. The number of rotatable bonds is 7. The minimum atomic E-state index is -0.630. The Kier molecular flexibility index (Phi) is 6.79. The topological polar surface area (TPSA) is 73.9 Å². The van der Waals surface area contributed by atoms with E-state index in [1.807, 2.05) is 25.1 Å². The molecule has 0 bridgehead atoms. The SMILES string of the molecule is COc1ccc(OC)c(/C=C/C(=O)OCC(=O)Nc2ccccc2C)c1. The Balaban J connectivity index is 1.91. The highest BCUT2D eigenvalue weighted by atomic mass is 16.5. The second-order valence-electron chi connectivity index (χ2n) is 5.41. The fourth-order valence-corrected chi connectivity index (χ4v) is 2.21. The number of ether oxygens (including phenoxy) is 3. The van der Waals surface area contributed by atoms with Crippen LogP contribution in [-0.2, 0) is 14.3 Å². The molecule has 0 unspecified atom stereocenters. The van der Waals surface area contributed by atoms with Crippen molar-refractivity contribution in [2.45, 2.75) is 6.92 Å². The summed E-state index contributed by atoms with van der Waals surface area (Å²) in [6.45, 7) is 1.51. The maximum Gasteiger partial charge on any atom is 0.331 e. The van der Waals surface area contributed by atoms with Gasteiger partial charge in [0.1, 0.15) is 11.5 Å². The molecule has 0 radical (unpaired) electrons. The molecule has 2 rings (SSSR count). The van der Waals surface area contributed by atoms with Gasteiger partial charge in [0.15, 0.2) is 6.61 Å². The highest BCUT2D eigenvalue weighted by Gasteiger charge is 2.08. The summed E-state index contributed by atoms with van der Waals surface area (Å²) in [6.07, 6.45) is 2.78. The molecule has 0 saturated carbocycles. The molecule has 0 fully saturated rings. The molecular formula is C20H21NO5. The minimum absolute atomic E-state index is 0.368. The number of anilines is 1. The van der Waals surface area contributed by atoms with Crippen molar-refractivity contribution in [1.29, 1.82) is 0 Å². The van der Waals surface area contributed by atoms with Gasteiger partial charge in [-0.05, 0) is 42.8 Å². The van der Waals surface area contributed by atoms with Crippen LogP contribution in [0.2, 0.25) is 0 Å². The molecule has 0 aliphatic heterocycles. The molecule has 0 spiro atoms. The highest BCUT2D eigenvalue weighted by Crippen LogP contribution is 2.25. The van der Waals surface area contributed by atoms with Crippen LogP contribution in [0.1, 0.15) is 11.1 Å². The first-order chi connectivity index (χ1) is 12.5. The third-order valence-electron chi connectivity index (χ3n) is 3.60. The standard InChI is InChI=1S/C20H21NO5/c1-14-6-4-5-7-17(14)21-19(22)13-26-20(23)11-8-15-12-16(24-2)9-10-18(15)25-3/h4-12H,13H2,1-3H3,(H,21,22)/b11-8+. The van der Waals surface area contributed by atoms with Gasteiger partial charge in [-0.2, -0.15) is 0 Å². The zero-order valence-corrected chi connectivity index (χ0v) is 14.9. The summed E-state index contributed by atoms with van der Waals surface area (Å²) in [5.41, 5.74) is 2.27. The average molecular weight is 355 g/mol. The van der Waals surface area contributed by atoms with Crippen molar-refractivity contribution < 1.29 is 23.8 Å². The largest absolute Gasteiger partial charge is 0.497 e. The van der Waals surface area contributed by atoms with E-state index in [0.717, 1.165) is 5.56 Å². The predicted octanol–water partition coefficient (Wildman–Crippen LogP) is 3.21. The Morgan fingerprint density at radius 1 is 1.08 bits per heavy atom. The maximum atomic E-state index is 11.9. The van der Waals surface area contributed by atoms with Crippen molar-refractivity contribution in [3.8, 4) is 11.5 Å². The van der Waals surface area contributed by atoms with E-state index in [2.05, 4.69) is 5.32 Å². The molecule has 0 aromatic heterocycles. The Morgan fingerprint density at radius 3 is 2.54 bits per heavy atom. The second kappa shape index (κ2) is 9.27. The third-order valence-corrected chi connectivity index (χ3v) is 3.60. The molecule has 0 heterocycles. The van der Waals surface area contributed by atoms with Crippen LogP contribution >= 0.6 is 0 Å².